The van der Waals surface area contributed by atoms with Crippen LogP contribution in [0.4, 0.5) is 0 Å². The van der Waals surface area contributed by atoms with Crippen molar-refractivity contribution in [1.82, 2.24) is 19.5 Å². The van der Waals surface area contributed by atoms with E-state index in [0.717, 1.165) is 38.2 Å². The summed E-state index contributed by atoms with van der Waals surface area (Å²) in [4.78, 5) is 43.5. The molecule has 0 saturated carbocycles. The zero-order valence-corrected chi connectivity index (χ0v) is 25.5. The van der Waals surface area contributed by atoms with Crippen LogP contribution in [0, 0.1) is 0 Å². The van der Waals surface area contributed by atoms with E-state index in [1.807, 2.05) is 54.7 Å². The SMILES string of the molecule is CC(C)(N)C(=O)N[C@H](Cc1c[nH]c2ccccc12)C(=O)N1CCC2(CC1)CC(N(CC(=O)O)S(C)(=O)=O)c1ccccc12. The van der Waals surface area contributed by atoms with Gasteiger partial charge in [0.2, 0.25) is 21.8 Å². The third kappa shape index (κ3) is 6.17. The number of carbonyl (C=O) groups excluding carboxylic acids is 2. The molecule has 1 aliphatic carbocycles. The van der Waals surface area contributed by atoms with E-state index in [1.165, 1.54) is 0 Å². The number of hydrogen-bond acceptors (Lipinski definition) is 6. The van der Waals surface area contributed by atoms with Crippen LogP contribution < -0.4 is 11.1 Å². The highest BCUT2D eigenvalue weighted by Crippen LogP contribution is 2.53. The number of para-hydroxylation sites is 1. The van der Waals surface area contributed by atoms with Crippen LogP contribution >= 0.6 is 0 Å². The molecular weight excluding hydrogens is 570 g/mol. The Kier molecular flexibility index (Phi) is 8.14. The Hall–Kier alpha value is -3.74. The molecule has 1 spiro atoms. The maximum atomic E-state index is 14.0. The molecule has 3 aromatic rings. The number of carbonyl (C=O) groups is 3. The van der Waals surface area contributed by atoms with Gasteiger partial charge in [0, 0.05) is 42.0 Å². The number of nitrogens with two attached hydrogens (primary N) is 1. The number of aromatic amines is 1. The quantitative estimate of drug-likeness (QED) is 0.289. The molecule has 11 nitrogen and oxygen atoms in total. The van der Waals surface area contributed by atoms with Crippen LogP contribution in [0.25, 0.3) is 10.9 Å². The van der Waals surface area contributed by atoms with E-state index in [2.05, 4.69) is 10.3 Å². The van der Waals surface area contributed by atoms with E-state index >= 15 is 0 Å². The Morgan fingerprint density at radius 1 is 1.14 bits per heavy atom. The summed E-state index contributed by atoms with van der Waals surface area (Å²) >= 11 is 0. The number of amides is 2. The Balaban J connectivity index is 1.38. The largest absolute Gasteiger partial charge is 0.480 e. The molecule has 0 bridgehead atoms. The summed E-state index contributed by atoms with van der Waals surface area (Å²) < 4.78 is 26.4. The predicted octanol–water partition coefficient (Wildman–Crippen LogP) is 2.28. The molecule has 230 valence electrons. The van der Waals surface area contributed by atoms with Gasteiger partial charge in [0.05, 0.1) is 17.8 Å². The fourth-order valence-corrected chi connectivity index (χ4v) is 7.62. The number of sulfonamides is 1. The maximum absolute atomic E-state index is 14.0. The topological polar surface area (TPSA) is 166 Å². The van der Waals surface area contributed by atoms with Gasteiger partial charge in [-0.2, -0.15) is 4.31 Å². The number of rotatable bonds is 9. The summed E-state index contributed by atoms with van der Waals surface area (Å²) in [6.07, 6.45) is 4.77. The maximum Gasteiger partial charge on any atom is 0.318 e. The van der Waals surface area contributed by atoms with E-state index in [-0.39, 0.29) is 12.3 Å². The van der Waals surface area contributed by atoms with Gasteiger partial charge < -0.3 is 26.0 Å². The average Bonchev–Trinajstić information content (AvgIpc) is 3.49. The molecule has 2 aromatic carbocycles. The number of nitrogens with zero attached hydrogens (tertiary/aromatic N) is 2. The first kappa shape index (κ1) is 30.7. The van der Waals surface area contributed by atoms with Gasteiger partial charge >= 0.3 is 5.97 Å². The highest BCUT2D eigenvalue weighted by atomic mass is 32.2. The Labute approximate surface area is 251 Å². The van der Waals surface area contributed by atoms with E-state index < -0.39 is 51.5 Å². The predicted molar refractivity (Wildman–Crippen MR) is 163 cm³/mol. The van der Waals surface area contributed by atoms with Crippen molar-refractivity contribution >= 4 is 38.7 Å². The average molecular weight is 610 g/mol. The molecule has 1 aromatic heterocycles. The molecule has 1 saturated heterocycles. The van der Waals surface area contributed by atoms with Crippen molar-refractivity contribution in [2.45, 2.75) is 62.6 Å². The molecule has 5 N–H and O–H groups in total. The number of carboxylic acids is 1. The van der Waals surface area contributed by atoms with Gasteiger partial charge in [0.1, 0.15) is 12.6 Å². The van der Waals surface area contributed by atoms with Crippen LogP contribution in [0.5, 0.6) is 0 Å². The number of aromatic nitrogens is 1. The Morgan fingerprint density at radius 3 is 2.44 bits per heavy atom. The van der Waals surface area contributed by atoms with Crippen molar-refractivity contribution in [2.24, 2.45) is 5.73 Å². The highest BCUT2D eigenvalue weighted by molar-refractivity contribution is 7.88. The Bertz CT molecular complexity index is 1650. The molecule has 0 radical (unpaired) electrons. The van der Waals surface area contributed by atoms with Gasteiger partial charge in [-0.1, -0.05) is 42.5 Å². The minimum absolute atomic E-state index is 0.204. The smallest absolute Gasteiger partial charge is 0.318 e. The van der Waals surface area contributed by atoms with Crippen LogP contribution in [0.3, 0.4) is 0 Å². The molecule has 2 atom stereocenters. The molecule has 43 heavy (non-hydrogen) atoms. The summed E-state index contributed by atoms with van der Waals surface area (Å²) in [6.45, 7) is 3.38. The molecule has 1 aliphatic heterocycles. The number of hydrogen-bond donors (Lipinski definition) is 4. The van der Waals surface area contributed by atoms with Crippen LogP contribution in [-0.4, -0.2) is 83.0 Å². The number of benzene rings is 2. The minimum atomic E-state index is -3.81. The van der Waals surface area contributed by atoms with Crippen molar-refractivity contribution in [3.63, 3.8) is 0 Å². The Morgan fingerprint density at radius 2 is 1.79 bits per heavy atom. The molecule has 1 fully saturated rings. The van der Waals surface area contributed by atoms with Gasteiger partial charge in [-0.05, 0) is 55.9 Å². The van der Waals surface area contributed by atoms with Gasteiger partial charge in [-0.3, -0.25) is 14.4 Å². The standard InChI is InChI=1S/C31H39N5O6S/c1-30(2,32)29(40)34-25(16-20-18-33-24-11-7-5-8-21(20)24)28(39)35-14-12-31(13-15-35)17-26(22-9-4-6-10-23(22)31)36(19-27(37)38)43(3,41)42/h4-11,18,25-26,33H,12-17,19,32H2,1-3H3,(H,34,40)(H,37,38)/t25-,26?/m1/s1. The lowest BCUT2D eigenvalue weighted by molar-refractivity contribution is -0.139. The van der Waals surface area contributed by atoms with Crippen LogP contribution in [-0.2, 0) is 36.2 Å². The monoisotopic (exact) mass is 609 g/mol. The number of fused-ring (bicyclic) bond motifs is 3. The lowest BCUT2D eigenvalue weighted by atomic mass is 9.73. The number of carboxylic acid groups (broad SMARTS) is 1. The first-order chi connectivity index (χ1) is 20.2. The van der Waals surface area contributed by atoms with E-state index in [1.54, 1.807) is 18.7 Å². The number of aliphatic carboxylic acids is 1. The molecule has 5 rings (SSSR count). The van der Waals surface area contributed by atoms with Gasteiger partial charge in [0.15, 0.2) is 0 Å². The normalized spacial score (nSPS) is 19.0. The first-order valence-corrected chi connectivity index (χ1v) is 16.3. The van der Waals surface area contributed by atoms with E-state index in [9.17, 15) is 27.9 Å². The molecule has 1 unspecified atom stereocenters. The minimum Gasteiger partial charge on any atom is -0.480 e. The molecule has 2 amide bonds. The van der Waals surface area contributed by atoms with Gasteiger partial charge in [-0.15, -0.1) is 0 Å². The second-order valence-electron chi connectivity index (χ2n) is 12.4. The summed E-state index contributed by atoms with van der Waals surface area (Å²) in [5.74, 6) is -1.84. The van der Waals surface area contributed by atoms with E-state index in [4.69, 9.17) is 5.73 Å². The van der Waals surface area contributed by atoms with Crippen LogP contribution in [0.1, 0.15) is 55.8 Å². The van der Waals surface area contributed by atoms with Gasteiger partial charge in [-0.25, -0.2) is 8.42 Å². The van der Waals surface area contributed by atoms with Gasteiger partial charge in [0.25, 0.3) is 0 Å². The summed E-state index contributed by atoms with van der Waals surface area (Å²) in [6, 6.07) is 13.9. The zero-order valence-electron chi connectivity index (χ0n) is 24.7. The molecule has 2 heterocycles. The first-order valence-electron chi connectivity index (χ1n) is 14.4. The van der Waals surface area contributed by atoms with Crippen molar-refractivity contribution in [2.75, 3.05) is 25.9 Å². The number of likely N-dealkylation sites (tertiary alicyclic amines) is 1. The second-order valence-corrected chi connectivity index (χ2v) is 14.4. The lowest BCUT2D eigenvalue weighted by Gasteiger charge is -2.42. The van der Waals surface area contributed by atoms with Crippen molar-refractivity contribution < 1.29 is 27.9 Å². The zero-order chi connectivity index (χ0) is 31.2. The highest BCUT2D eigenvalue weighted by Gasteiger charge is 2.49. The second kappa shape index (κ2) is 11.4. The number of H-pyrrole nitrogens is 1. The van der Waals surface area contributed by atoms with Crippen molar-refractivity contribution in [1.29, 1.82) is 0 Å². The van der Waals surface area contributed by atoms with Crippen molar-refractivity contribution in [3.05, 3.63) is 71.4 Å². The fraction of sp³-hybridized carbons (Fsp3) is 0.452. The third-order valence-electron chi connectivity index (χ3n) is 8.86. The molecule has 2 aliphatic rings. The molecular formula is C31H39N5O6S. The van der Waals surface area contributed by atoms with Crippen LogP contribution in [0.15, 0.2) is 54.7 Å². The lowest BCUT2D eigenvalue weighted by Crippen LogP contribution is -2.58. The molecule has 12 heteroatoms. The van der Waals surface area contributed by atoms with E-state index in [0.29, 0.717) is 32.4 Å². The van der Waals surface area contributed by atoms with Crippen LogP contribution in [0.2, 0.25) is 0 Å². The number of piperidine rings is 1. The summed E-state index contributed by atoms with van der Waals surface area (Å²) in [5.41, 5.74) is 8.14. The number of nitrogens with one attached hydrogen (secondary N) is 2. The summed E-state index contributed by atoms with van der Waals surface area (Å²) in [5, 5.41) is 13.3. The van der Waals surface area contributed by atoms with Crippen molar-refractivity contribution in [3.8, 4) is 0 Å². The third-order valence-corrected chi connectivity index (χ3v) is 10.1. The fourth-order valence-electron chi connectivity index (χ4n) is 6.62. The summed E-state index contributed by atoms with van der Waals surface area (Å²) in [7, 11) is -3.81.